The Balaban J connectivity index is 1.87. The van der Waals surface area contributed by atoms with Crippen LogP contribution in [0.4, 0.5) is 0 Å². The second kappa shape index (κ2) is 9.03. The van der Waals surface area contributed by atoms with E-state index in [0.717, 1.165) is 11.3 Å². The zero-order valence-corrected chi connectivity index (χ0v) is 17.7. The fraction of sp³-hybridized carbons (Fsp3) is 0.632. The number of piperidine rings is 1. The molecule has 0 bridgehead atoms. The molecule has 1 saturated heterocycles. The molecule has 0 saturated carbocycles. The van der Waals surface area contributed by atoms with E-state index in [1.54, 1.807) is 0 Å². The molecule has 152 valence electrons. The number of amides is 1. The van der Waals surface area contributed by atoms with E-state index in [1.165, 1.54) is 28.3 Å². The molecule has 27 heavy (non-hydrogen) atoms. The van der Waals surface area contributed by atoms with Crippen LogP contribution in [0.5, 0.6) is 5.75 Å². The topological polar surface area (TPSA) is 79.0 Å². The van der Waals surface area contributed by atoms with Crippen molar-refractivity contribution in [3.8, 4) is 5.75 Å². The number of nitrogens with one attached hydrogen (secondary N) is 1. The normalized spacial score (nSPS) is 19.7. The van der Waals surface area contributed by atoms with Crippen LogP contribution in [0.25, 0.3) is 0 Å². The summed E-state index contributed by atoms with van der Waals surface area (Å²) in [5.74, 6) is 0.322. The Morgan fingerprint density at radius 1 is 1.33 bits per heavy atom. The van der Waals surface area contributed by atoms with Crippen LogP contribution in [0.3, 0.4) is 0 Å². The van der Waals surface area contributed by atoms with E-state index in [2.05, 4.69) is 5.32 Å². The Labute approximate surface area is 162 Å². The third-order valence-corrected chi connectivity index (χ3v) is 6.82. The Bertz CT molecular complexity index is 764. The number of hydrogen-bond donors (Lipinski definition) is 1. The van der Waals surface area contributed by atoms with Gasteiger partial charge in [-0.3, -0.25) is 4.79 Å². The van der Waals surface area contributed by atoms with Crippen molar-refractivity contribution in [1.82, 2.24) is 13.9 Å². The molecule has 2 atom stereocenters. The average molecular weight is 398 g/mol. The fourth-order valence-corrected chi connectivity index (χ4v) is 4.21. The van der Waals surface area contributed by atoms with Gasteiger partial charge in [-0.15, -0.1) is 0 Å². The highest BCUT2D eigenvalue weighted by atomic mass is 32.2. The van der Waals surface area contributed by atoms with Crippen LogP contribution >= 0.6 is 0 Å². The number of carbonyl (C=O) groups excluding carboxylic acids is 1. The van der Waals surface area contributed by atoms with Gasteiger partial charge in [-0.25, -0.2) is 0 Å². The van der Waals surface area contributed by atoms with Crippen LogP contribution < -0.4 is 10.1 Å². The summed E-state index contributed by atoms with van der Waals surface area (Å²) < 4.78 is 32.9. The highest BCUT2D eigenvalue weighted by Crippen LogP contribution is 2.21. The molecule has 1 aliphatic rings. The van der Waals surface area contributed by atoms with E-state index in [-0.39, 0.29) is 24.4 Å². The van der Waals surface area contributed by atoms with Crippen LogP contribution in [0.1, 0.15) is 30.9 Å². The SMILES string of the molecule is Cc1ccc(OC[C@H](C)NC(=O)[C@H]2CCCN(S(=O)(=O)N(C)C)C2)cc1C. The van der Waals surface area contributed by atoms with Crippen molar-refractivity contribution in [3.05, 3.63) is 29.3 Å². The second-order valence-electron chi connectivity index (χ2n) is 7.45. The van der Waals surface area contributed by atoms with E-state index in [0.29, 0.717) is 26.0 Å². The highest BCUT2D eigenvalue weighted by Gasteiger charge is 2.33. The molecule has 7 nitrogen and oxygen atoms in total. The van der Waals surface area contributed by atoms with Gasteiger partial charge < -0.3 is 10.1 Å². The monoisotopic (exact) mass is 397 g/mol. The molecule has 1 aromatic carbocycles. The van der Waals surface area contributed by atoms with Crippen molar-refractivity contribution in [3.63, 3.8) is 0 Å². The zero-order valence-electron chi connectivity index (χ0n) is 16.9. The lowest BCUT2D eigenvalue weighted by atomic mass is 9.98. The molecule has 2 rings (SSSR count). The largest absolute Gasteiger partial charge is 0.491 e. The quantitative estimate of drug-likeness (QED) is 0.760. The molecular formula is C19H31N3O4S. The number of carbonyl (C=O) groups is 1. The summed E-state index contributed by atoms with van der Waals surface area (Å²) in [5.41, 5.74) is 2.37. The minimum atomic E-state index is -3.49. The van der Waals surface area contributed by atoms with Gasteiger partial charge in [0.1, 0.15) is 12.4 Å². The minimum absolute atomic E-state index is 0.121. The van der Waals surface area contributed by atoms with Gasteiger partial charge in [0, 0.05) is 27.2 Å². The van der Waals surface area contributed by atoms with E-state index in [1.807, 2.05) is 39.0 Å². The summed E-state index contributed by atoms with van der Waals surface area (Å²) in [4.78, 5) is 12.6. The molecule has 0 aliphatic carbocycles. The zero-order chi connectivity index (χ0) is 20.2. The van der Waals surface area contributed by atoms with Crippen molar-refractivity contribution >= 4 is 16.1 Å². The summed E-state index contributed by atoms with van der Waals surface area (Å²) in [6.45, 7) is 7.00. The van der Waals surface area contributed by atoms with Gasteiger partial charge in [0.2, 0.25) is 5.91 Å². The second-order valence-corrected chi connectivity index (χ2v) is 9.60. The number of ether oxygens (including phenoxy) is 1. The molecule has 8 heteroatoms. The van der Waals surface area contributed by atoms with Crippen molar-refractivity contribution in [2.75, 3.05) is 33.8 Å². The number of hydrogen-bond acceptors (Lipinski definition) is 4. The van der Waals surface area contributed by atoms with Gasteiger partial charge in [0.05, 0.1) is 12.0 Å². The highest BCUT2D eigenvalue weighted by molar-refractivity contribution is 7.86. The lowest BCUT2D eigenvalue weighted by Gasteiger charge is -2.33. The molecule has 1 heterocycles. The van der Waals surface area contributed by atoms with Gasteiger partial charge >= 0.3 is 0 Å². The first-order valence-electron chi connectivity index (χ1n) is 9.29. The van der Waals surface area contributed by atoms with Crippen LogP contribution in [-0.2, 0) is 15.0 Å². The van der Waals surface area contributed by atoms with Crippen LogP contribution in [0.2, 0.25) is 0 Å². The molecule has 1 fully saturated rings. The maximum absolute atomic E-state index is 12.6. The third kappa shape index (κ3) is 5.67. The molecule has 0 aromatic heterocycles. The third-order valence-electron chi connectivity index (χ3n) is 4.91. The van der Waals surface area contributed by atoms with E-state index in [9.17, 15) is 13.2 Å². The Morgan fingerprint density at radius 3 is 2.67 bits per heavy atom. The summed E-state index contributed by atoms with van der Waals surface area (Å²) >= 11 is 0. The summed E-state index contributed by atoms with van der Waals surface area (Å²) in [6, 6.07) is 5.74. The summed E-state index contributed by atoms with van der Waals surface area (Å²) in [6.07, 6.45) is 1.37. The smallest absolute Gasteiger partial charge is 0.281 e. The molecule has 1 N–H and O–H groups in total. The Kier molecular flexibility index (Phi) is 7.25. The number of aryl methyl sites for hydroxylation is 2. The molecule has 0 spiro atoms. The molecule has 1 amide bonds. The first-order chi connectivity index (χ1) is 12.6. The van der Waals surface area contributed by atoms with Gasteiger partial charge in [0.15, 0.2) is 0 Å². The maximum Gasteiger partial charge on any atom is 0.281 e. The van der Waals surface area contributed by atoms with Gasteiger partial charge in [-0.1, -0.05) is 6.07 Å². The van der Waals surface area contributed by atoms with E-state index < -0.39 is 10.2 Å². The van der Waals surface area contributed by atoms with Crippen LogP contribution in [-0.4, -0.2) is 62.8 Å². The van der Waals surface area contributed by atoms with Crippen molar-refractivity contribution in [1.29, 1.82) is 0 Å². The van der Waals surface area contributed by atoms with Gasteiger partial charge in [-0.05, 0) is 56.9 Å². The predicted octanol–water partition coefficient (Wildman–Crippen LogP) is 1.71. The van der Waals surface area contributed by atoms with Crippen molar-refractivity contribution in [2.24, 2.45) is 5.92 Å². The molecule has 0 radical (unpaired) electrons. The minimum Gasteiger partial charge on any atom is -0.491 e. The van der Waals surface area contributed by atoms with Gasteiger partial charge in [0.25, 0.3) is 10.2 Å². The first-order valence-corrected chi connectivity index (χ1v) is 10.7. The molecule has 1 aromatic rings. The standard InChI is InChI=1S/C19H31N3O4S/c1-14-8-9-18(11-15(14)2)26-13-16(3)20-19(23)17-7-6-10-22(12-17)27(24,25)21(4)5/h8-9,11,16-17H,6-7,10,12-13H2,1-5H3,(H,20,23)/t16-,17-/m0/s1. The van der Waals surface area contributed by atoms with Crippen molar-refractivity contribution < 1.29 is 17.9 Å². The molecule has 1 aliphatic heterocycles. The summed E-state index contributed by atoms with van der Waals surface area (Å²) in [5, 5.41) is 2.95. The Hall–Kier alpha value is -1.64. The van der Waals surface area contributed by atoms with E-state index in [4.69, 9.17) is 4.74 Å². The molecular weight excluding hydrogens is 366 g/mol. The first kappa shape index (κ1) is 21.7. The summed E-state index contributed by atoms with van der Waals surface area (Å²) in [7, 11) is -0.476. The predicted molar refractivity (Wildman–Crippen MR) is 106 cm³/mol. The Morgan fingerprint density at radius 2 is 2.04 bits per heavy atom. The average Bonchev–Trinajstić information content (AvgIpc) is 2.62. The van der Waals surface area contributed by atoms with Crippen molar-refractivity contribution in [2.45, 2.75) is 39.7 Å². The molecule has 0 unspecified atom stereocenters. The lowest BCUT2D eigenvalue weighted by molar-refractivity contribution is -0.126. The number of rotatable bonds is 7. The van der Waals surface area contributed by atoms with Gasteiger partial charge in [-0.2, -0.15) is 17.0 Å². The maximum atomic E-state index is 12.6. The lowest BCUT2D eigenvalue weighted by Crippen LogP contribution is -2.50. The van der Waals surface area contributed by atoms with Crippen LogP contribution in [0, 0.1) is 19.8 Å². The fourth-order valence-electron chi connectivity index (χ4n) is 3.02. The number of nitrogens with zero attached hydrogens (tertiary/aromatic N) is 2. The van der Waals surface area contributed by atoms with Crippen LogP contribution in [0.15, 0.2) is 18.2 Å². The van der Waals surface area contributed by atoms with E-state index >= 15 is 0 Å². The number of benzene rings is 1.